The molecule has 0 spiro atoms. The zero-order chi connectivity index (χ0) is 53.3. The van der Waals surface area contributed by atoms with Crippen molar-refractivity contribution in [3.05, 3.63) is 0 Å². The Kier molecular flexibility index (Phi) is 36.1. The molecule has 0 amide bonds. The minimum atomic E-state index is -1.85. The third-order valence-electron chi connectivity index (χ3n) is 9.92. The second kappa shape index (κ2) is 35.7. The van der Waals surface area contributed by atoms with Gasteiger partial charge >= 0.3 is 0 Å². The van der Waals surface area contributed by atoms with Crippen LogP contribution in [0, 0.1) is 0 Å². The highest BCUT2D eigenvalue weighted by Gasteiger charge is 2.48. The third-order valence-corrected chi connectivity index (χ3v) is 9.92. The normalized spacial score (nSPS) is 31.9. The molecule has 412 valence electrons. The van der Waals surface area contributed by atoms with E-state index in [0.717, 1.165) is 0 Å². The quantitative estimate of drug-likeness (QED) is 0.0404. The fourth-order valence-electron chi connectivity index (χ4n) is 5.47. The van der Waals surface area contributed by atoms with Crippen LogP contribution in [0.1, 0.15) is 0 Å². The van der Waals surface area contributed by atoms with Gasteiger partial charge < -0.3 is 167 Å². The maximum atomic E-state index is 9.83. The molecule has 0 aromatic carbocycles. The molecule has 0 radical (unpaired) electrons. The summed E-state index contributed by atoms with van der Waals surface area (Å²) in [5.41, 5.74) is 0. The lowest BCUT2D eigenvalue weighted by Crippen LogP contribution is -2.61. The molecule has 0 unspecified atom stereocenters. The van der Waals surface area contributed by atoms with E-state index in [1.165, 1.54) is 0 Å². The Balaban J connectivity index is 0. The zero-order valence-corrected chi connectivity index (χ0v) is 36.1. The van der Waals surface area contributed by atoms with Crippen LogP contribution in [0.4, 0.5) is 0 Å². The largest absolute Gasteiger partial charge is 0.394 e. The number of aliphatic hydroxyl groups excluding tert-OH is 29. The summed E-state index contributed by atoms with van der Waals surface area (Å²) in [4.78, 5) is 0. The second-order valence-electron chi connectivity index (χ2n) is 15.0. The molecule has 2 fully saturated rings. The van der Waals surface area contributed by atoms with E-state index < -0.39 is 219 Å². The van der Waals surface area contributed by atoms with Crippen LogP contribution in [-0.4, -0.2) is 367 Å². The van der Waals surface area contributed by atoms with Crippen LogP contribution in [-0.2, 0) is 18.9 Å². The van der Waals surface area contributed by atoms with Crippen LogP contribution in [0.15, 0.2) is 0 Å². The first-order chi connectivity index (χ1) is 31.7. The molecule has 2 aliphatic rings. The van der Waals surface area contributed by atoms with Gasteiger partial charge in [0.25, 0.3) is 0 Å². The van der Waals surface area contributed by atoms with Crippen LogP contribution < -0.4 is 0 Å². The molecule has 29 N–H and O–H groups in total. The van der Waals surface area contributed by atoms with Gasteiger partial charge in [-0.25, -0.2) is 0 Å². The van der Waals surface area contributed by atoms with Crippen molar-refractivity contribution >= 4 is 0 Å². The first kappa shape index (κ1) is 68.8. The second-order valence-corrected chi connectivity index (χ2v) is 15.0. The highest BCUT2D eigenvalue weighted by Crippen LogP contribution is 2.26. The summed E-state index contributed by atoms with van der Waals surface area (Å²) in [6.45, 7) is -7.64. The summed E-state index contributed by atoms with van der Waals surface area (Å²) < 4.78 is 20.3. The van der Waals surface area contributed by atoms with Gasteiger partial charge in [-0.05, 0) is 0 Å². The molecule has 0 bridgehead atoms. The van der Waals surface area contributed by atoms with E-state index in [-0.39, 0.29) is 0 Å². The fourth-order valence-corrected chi connectivity index (χ4v) is 5.47. The standard InChI is InChI=1S/2C12H24O11.C6H14O6.C5H12O5/c2*13-1-4(16)7(18)11(5(17)2-14)23-12-10(21)9(20)8(19)6(3-15)22-12;7-1-3(9)5(11)6(12)4(10)2-8;6-1-3(8)5(10)4(9)2-7/h2*4-21H,1-3H2;3-12H,1-2H2;3-10H,1-2H2/t4-,5+,6+,7+,8+,9-,10+,11+,12+;4-,5+,6+,7+,8-,9-,10+,11+,12-;3-,4+,5-,6-;3-,4+,5+/m001./s1. The molecule has 0 aromatic heterocycles. The number of rotatable bonds is 25. The summed E-state index contributed by atoms with van der Waals surface area (Å²) in [5, 5.41) is 265. The summed E-state index contributed by atoms with van der Waals surface area (Å²) >= 11 is 0. The minimum Gasteiger partial charge on any atom is -0.394 e. The maximum Gasteiger partial charge on any atom is 0.187 e. The van der Waals surface area contributed by atoms with Gasteiger partial charge in [0.15, 0.2) is 12.6 Å². The average molecular weight is 1020 g/mol. The van der Waals surface area contributed by atoms with Gasteiger partial charge in [0.05, 0.1) is 66.1 Å². The minimum absolute atomic E-state index is 0.641. The Bertz CT molecular complexity index is 1130. The summed E-state index contributed by atoms with van der Waals surface area (Å²) in [5.74, 6) is 0. The van der Waals surface area contributed by atoms with Crippen molar-refractivity contribution in [2.75, 3.05) is 66.1 Å². The molecule has 33 nitrogen and oxygen atoms in total. The molecule has 2 rings (SSSR count). The van der Waals surface area contributed by atoms with E-state index in [0.29, 0.717) is 0 Å². The molecule has 0 aromatic rings. The highest BCUT2D eigenvalue weighted by molar-refractivity contribution is 4.92. The van der Waals surface area contributed by atoms with Crippen molar-refractivity contribution < 1.29 is 167 Å². The number of aliphatic hydroxyl groups is 29. The van der Waals surface area contributed by atoms with Gasteiger partial charge in [-0.1, -0.05) is 0 Å². The molecule has 68 heavy (non-hydrogen) atoms. The Morgan fingerprint density at radius 1 is 0.279 bits per heavy atom. The van der Waals surface area contributed by atoms with Crippen LogP contribution in [0.5, 0.6) is 0 Å². The third kappa shape index (κ3) is 21.4. The van der Waals surface area contributed by atoms with E-state index in [2.05, 4.69) is 0 Å². The molecule has 2 saturated heterocycles. The van der Waals surface area contributed by atoms with Crippen molar-refractivity contribution in [3.8, 4) is 0 Å². The predicted octanol–water partition coefficient (Wildman–Crippen LogP) is -18.1. The zero-order valence-electron chi connectivity index (χ0n) is 36.1. The summed E-state index contributed by atoms with van der Waals surface area (Å²) in [7, 11) is 0. The van der Waals surface area contributed by atoms with Crippen LogP contribution in [0.3, 0.4) is 0 Å². The van der Waals surface area contributed by atoms with Crippen molar-refractivity contribution in [2.24, 2.45) is 0 Å². The van der Waals surface area contributed by atoms with E-state index in [4.69, 9.17) is 106 Å². The van der Waals surface area contributed by atoms with Crippen LogP contribution >= 0.6 is 0 Å². The molecule has 2 heterocycles. The fraction of sp³-hybridized carbons (Fsp3) is 1.00. The topological polar surface area (TPSA) is 624 Å². The molecule has 25 atom stereocenters. The smallest absolute Gasteiger partial charge is 0.187 e. The Morgan fingerprint density at radius 3 is 0.721 bits per heavy atom. The molecule has 0 saturated carbocycles. The van der Waals surface area contributed by atoms with Gasteiger partial charge in [0, 0.05) is 0 Å². The van der Waals surface area contributed by atoms with Crippen molar-refractivity contribution in [1.82, 2.24) is 0 Å². The molecular weight excluding hydrogens is 948 g/mol. The van der Waals surface area contributed by atoms with E-state index >= 15 is 0 Å². The van der Waals surface area contributed by atoms with Crippen LogP contribution in [0.25, 0.3) is 0 Å². The Morgan fingerprint density at radius 2 is 0.500 bits per heavy atom. The highest BCUT2D eigenvalue weighted by atomic mass is 16.7. The SMILES string of the molecule is OC[C@@H](O)[C@@H](O)[C@H](O)[C@@H](O)CO.OC[C@@H](O)[C@@H](O[C@@H]1O[C@H](CO)[C@H](O)[C@H](O)[C@H]1O)[C@H](O)[C@@H](O)CO.OC[C@@H](O)[C@@H](O[C@H]1O[C@H](CO)[C@@H](O)[C@H](O)[C@H]1O)[C@H](O)[C@@H](O)CO.OC[C@@H](O)[C@H](O)[C@@H](O)CO. The van der Waals surface area contributed by atoms with Gasteiger partial charge in [0.2, 0.25) is 0 Å². The predicted molar refractivity (Wildman–Crippen MR) is 212 cm³/mol. The number of ether oxygens (including phenoxy) is 4. The molecule has 33 heteroatoms. The average Bonchev–Trinajstić information content (AvgIpc) is 3.36. The van der Waals surface area contributed by atoms with E-state index in [9.17, 15) is 61.3 Å². The first-order valence-electron chi connectivity index (χ1n) is 20.4. The molecule has 0 aliphatic carbocycles. The number of hydrogen-bond acceptors (Lipinski definition) is 33. The van der Waals surface area contributed by atoms with Crippen LogP contribution in [0.2, 0.25) is 0 Å². The molecule has 2 aliphatic heterocycles. The van der Waals surface area contributed by atoms with E-state index in [1.54, 1.807) is 0 Å². The monoisotopic (exact) mass is 1020 g/mol. The number of hydrogen-bond donors (Lipinski definition) is 29. The van der Waals surface area contributed by atoms with Crippen molar-refractivity contribution in [1.29, 1.82) is 0 Å². The van der Waals surface area contributed by atoms with Gasteiger partial charge in [-0.3, -0.25) is 0 Å². The summed E-state index contributed by atoms with van der Waals surface area (Å²) in [6, 6.07) is 0. The lowest BCUT2D eigenvalue weighted by Gasteiger charge is -2.42. The Labute approximate surface area is 386 Å². The van der Waals surface area contributed by atoms with Crippen molar-refractivity contribution in [2.45, 2.75) is 153 Å². The van der Waals surface area contributed by atoms with Gasteiger partial charge in [0.1, 0.15) is 140 Å². The van der Waals surface area contributed by atoms with Gasteiger partial charge in [-0.2, -0.15) is 0 Å². The lowest BCUT2D eigenvalue weighted by atomic mass is 9.98. The van der Waals surface area contributed by atoms with Crippen molar-refractivity contribution in [3.63, 3.8) is 0 Å². The van der Waals surface area contributed by atoms with Gasteiger partial charge in [-0.15, -0.1) is 0 Å². The first-order valence-corrected chi connectivity index (χ1v) is 20.4. The maximum absolute atomic E-state index is 9.83. The Hall–Kier alpha value is -1.32. The van der Waals surface area contributed by atoms with E-state index in [1.807, 2.05) is 0 Å². The lowest BCUT2D eigenvalue weighted by molar-refractivity contribution is -0.327. The molecular formula is C35H74O33. The summed E-state index contributed by atoms with van der Waals surface area (Å²) in [6.07, 6.45) is -40.8.